The number of anilines is 1. The predicted molar refractivity (Wildman–Crippen MR) is 75.6 cm³/mol. The summed E-state index contributed by atoms with van der Waals surface area (Å²) in [4.78, 5) is 12.0. The highest BCUT2D eigenvalue weighted by molar-refractivity contribution is 7.89. The number of rotatable bonds is 4. The number of hydrogen-bond acceptors (Lipinski definition) is 3. The van der Waals surface area contributed by atoms with E-state index in [1.165, 1.54) is 24.3 Å². The van der Waals surface area contributed by atoms with Gasteiger partial charge in [0.25, 0.3) is 0 Å². The lowest BCUT2D eigenvalue weighted by Gasteiger charge is -2.14. The van der Waals surface area contributed by atoms with E-state index in [1.54, 1.807) is 23.9 Å². The first-order valence-electron chi connectivity index (χ1n) is 5.94. The minimum Gasteiger partial charge on any atom is -0.342 e. The highest BCUT2D eigenvalue weighted by Gasteiger charge is 2.14. The van der Waals surface area contributed by atoms with Gasteiger partial charge in [-0.25, -0.2) is 13.6 Å². The lowest BCUT2D eigenvalue weighted by atomic mass is 10.2. The van der Waals surface area contributed by atoms with Crippen molar-refractivity contribution in [1.82, 2.24) is 4.57 Å². The Morgan fingerprint density at radius 2 is 1.75 bits per heavy atom. The second kappa shape index (κ2) is 5.48. The number of carbonyl (C=O) groups is 1. The van der Waals surface area contributed by atoms with Crippen molar-refractivity contribution < 1.29 is 13.2 Å². The van der Waals surface area contributed by atoms with Gasteiger partial charge in [-0.3, -0.25) is 4.79 Å². The molecule has 1 unspecified atom stereocenters. The zero-order valence-corrected chi connectivity index (χ0v) is 11.7. The van der Waals surface area contributed by atoms with Gasteiger partial charge in [0.15, 0.2) is 0 Å². The molecule has 7 heteroatoms. The standard InChI is InChI=1S/C13H15N3O3S/c1-10(16-8-2-3-9-16)13(17)15-11-4-6-12(7-5-11)20(14,18)19/h2-10H,1H3,(H,15,17)(H2,14,18,19). The first-order valence-corrected chi connectivity index (χ1v) is 7.49. The molecule has 0 aliphatic carbocycles. The minimum absolute atomic E-state index is 0.00829. The van der Waals surface area contributed by atoms with Crippen LogP contribution in [-0.4, -0.2) is 18.9 Å². The molecular formula is C13H15N3O3S. The number of amides is 1. The summed E-state index contributed by atoms with van der Waals surface area (Å²) >= 11 is 0. The third-order valence-electron chi connectivity index (χ3n) is 2.90. The summed E-state index contributed by atoms with van der Waals surface area (Å²) in [7, 11) is -3.72. The smallest absolute Gasteiger partial charge is 0.247 e. The van der Waals surface area contributed by atoms with E-state index in [-0.39, 0.29) is 16.8 Å². The summed E-state index contributed by atoms with van der Waals surface area (Å²) in [6.07, 6.45) is 3.60. The Morgan fingerprint density at radius 1 is 1.20 bits per heavy atom. The van der Waals surface area contributed by atoms with Crippen molar-refractivity contribution in [1.29, 1.82) is 0 Å². The molecule has 1 aromatic carbocycles. The van der Waals surface area contributed by atoms with Gasteiger partial charge in [0, 0.05) is 18.1 Å². The van der Waals surface area contributed by atoms with Gasteiger partial charge < -0.3 is 9.88 Å². The summed E-state index contributed by atoms with van der Waals surface area (Å²) in [5, 5.41) is 7.72. The molecule has 2 aromatic rings. The second-order valence-electron chi connectivity index (χ2n) is 4.36. The van der Waals surface area contributed by atoms with Gasteiger partial charge in [-0.2, -0.15) is 0 Å². The number of primary sulfonamides is 1. The maximum absolute atomic E-state index is 12.0. The Hall–Kier alpha value is -2.12. The van der Waals surface area contributed by atoms with Crippen molar-refractivity contribution >= 4 is 21.6 Å². The Morgan fingerprint density at radius 3 is 2.25 bits per heavy atom. The Kier molecular flexibility index (Phi) is 3.91. The van der Waals surface area contributed by atoms with E-state index in [1.807, 2.05) is 12.1 Å². The fraction of sp³-hybridized carbons (Fsp3) is 0.154. The van der Waals surface area contributed by atoms with Crippen LogP contribution in [-0.2, 0) is 14.8 Å². The number of hydrogen-bond donors (Lipinski definition) is 2. The molecule has 1 aromatic heterocycles. The van der Waals surface area contributed by atoms with E-state index in [9.17, 15) is 13.2 Å². The highest BCUT2D eigenvalue weighted by Crippen LogP contribution is 2.15. The van der Waals surface area contributed by atoms with Crippen LogP contribution in [0.5, 0.6) is 0 Å². The third-order valence-corrected chi connectivity index (χ3v) is 3.83. The number of aromatic nitrogens is 1. The zero-order chi connectivity index (χ0) is 14.8. The summed E-state index contributed by atoms with van der Waals surface area (Å²) < 4.78 is 24.0. The van der Waals surface area contributed by atoms with Gasteiger partial charge in [0.2, 0.25) is 15.9 Å². The van der Waals surface area contributed by atoms with E-state index >= 15 is 0 Å². The van der Waals surface area contributed by atoms with Gasteiger partial charge in [0.05, 0.1) is 4.90 Å². The summed E-state index contributed by atoms with van der Waals surface area (Å²) in [5.41, 5.74) is 0.515. The molecular weight excluding hydrogens is 278 g/mol. The lowest BCUT2D eigenvalue weighted by Crippen LogP contribution is -2.22. The molecule has 1 amide bonds. The van der Waals surface area contributed by atoms with E-state index in [4.69, 9.17) is 5.14 Å². The van der Waals surface area contributed by atoms with Crippen LogP contribution in [0.25, 0.3) is 0 Å². The van der Waals surface area contributed by atoms with E-state index in [0.29, 0.717) is 5.69 Å². The zero-order valence-electron chi connectivity index (χ0n) is 10.9. The molecule has 106 valence electrons. The second-order valence-corrected chi connectivity index (χ2v) is 5.93. The lowest BCUT2D eigenvalue weighted by molar-refractivity contribution is -0.118. The molecule has 6 nitrogen and oxygen atoms in total. The summed E-state index contributed by atoms with van der Waals surface area (Å²) in [6.45, 7) is 1.77. The maximum Gasteiger partial charge on any atom is 0.247 e. The first kappa shape index (κ1) is 14.3. The Balaban J connectivity index is 2.09. The molecule has 0 fully saturated rings. The number of sulfonamides is 1. The molecule has 0 saturated carbocycles. The van der Waals surface area contributed by atoms with Crippen LogP contribution in [0.2, 0.25) is 0 Å². The van der Waals surface area contributed by atoms with Crippen LogP contribution in [0.3, 0.4) is 0 Å². The summed E-state index contributed by atoms with van der Waals surface area (Å²) in [6, 6.07) is 9.02. The van der Waals surface area contributed by atoms with Crippen LogP contribution in [0.15, 0.2) is 53.7 Å². The Labute approximate surface area is 117 Å². The fourth-order valence-electron chi connectivity index (χ4n) is 1.72. The van der Waals surface area contributed by atoms with Crippen molar-refractivity contribution in [3.63, 3.8) is 0 Å². The number of nitrogens with two attached hydrogens (primary N) is 1. The van der Waals surface area contributed by atoms with Crippen LogP contribution in [0.4, 0.5) is 5.69 Å². The van der Waals surface area contributed by atoms with Crippen molar-refractivity contribution in [3.8, 4) is 0 Å². The molecule has 0 spiro atoms. The van der Waals surface area contributed by atoms with E-state index in [2.05, 4.69) is 5.32 Å². The number of nitrogens with zero attached hydrogens (tertiary/aromatic N) is 1. The molecule has 1 atom stereocenters. The molecule has 3 N–H and O–H groups in total. The average molecular weight is 293 g/mol. The van der Waals surface area contributed by atoms with Gasteiger partial charge in [-0.1, -0.05) is 0 Å². The number of nitrogens with one attached hydrogen (secondary N) is 1. The number of carbonyl (C=O) groups excluding carboxylic acids is 1. The van der Waals surface area contributed by atoms with Crippen molar-refractivity contribution in [2.75, 3.05) is 5.32 Å². The first-order chi connectivity index (χ1) is 9.38. The quantitative estimate of drug-likeness (QED) is 0.890. The molecule has 0 radical (unpaired) electrons. The monoisotopic (exact) mass is 293 g/mol. The van der Waals surface area contributed by atoms with Crippen LogP contribution in [0.1, 0.15) is 13.0 Å². The van der Waals surface area contributed by atoms with Gasteiger partial charge in [-0.15, -0.1) is 0 Å². The van der Waals surface area contributed by atoms with Gasteiger partial charge >= 0.3 is 0 Å². The van der Waals surface area contributed by atoms with Crippen LogP contribution < -0.4 is 10.5 Å². The molecule has 0 aliphatic heterocycles. The largest absolute Gasteiger partial charge is 0.342 e. The summed E-state index contributed by atoms with van der Waals surface area (Å²) in [5.74, 6) is -0.190. The molecule has 0 aliphatic rings. The van der Waals surface area contributed by atoms with Crippen molar-refractivity contribution in [3.05, 3.63) is 48.8 Å². The van der Waals surface area contributed by atoms with Crippen LogP contribution in [0, 0.1) is 0 Å². The fourth-order valence-corrected chi connectivity index (χ4v) is 2.23. The average Bonchev–Trinajstić information content (AvgIpc) is 2.91. The van der Waals surface area contributed by atoms with Crippen molar-refractivity contribution in [2.45, 2.75) is 17.9 Å². The topological polar surface area (TPSA) is 94.2 Å². The predicted octanol–water partition coefficient (Wildman–Crippen LogP) is 1.34. The van der Waals surface area contributed by atoms with E-state index in [0.717, 1.165) is 0 Å². The number of benzene rings is 1. The molecule has 0 bridgehead atoms. The van der Waals surface area contributed by atoms with Crippen molar-refractivity contribution in [2.24, 2.45) is 5.14 Å². The van der Waals surface area contributed by atoms with Gasteiger partial charge in [0.1, 0.15) is 6.04 Å². The molecule has 20 heavy (non-hydrogen) atoms. The molecule has 1 heterocycles. The normalized spacial score (nSPS) is 12.9. The SMILES string of the molecule is CC(C(=O)Nc1ccc(S(N)(=O)=O)cc1)n1cccc1. The minimum atomic E-state index is -3.72. The Bertz CT molecular complexity index is 691. The van der Waals surface area contributed by atoms with Crippen LogP contribution >= 0.6 is 0 Å². The van der Waals surface area contributed by atoms with Gasteiger partial charge in [-0.05, 0) is 43.3 Å². The maximum atomic E-state index is 12.0. The van der Waals surface area contributed by atoms with E-state index < -0.39 is 10.0 Å². The molecule has 0 saturated heterocycles. The third kappa shape index (κ3) is 3.25. The highest BCUT2D eigenvalue weighted by atomic mass is 32.2. The molecule has 2 rings (SSSR count).